The summed E-state index contributed by atoms with van der Waals surface area (Å²) in [4.78, 5) is 31.7. The number of dihydropyridines is 1. The quantitative estimate of drug-likeness (QED) is 0.698. The lowest BCUT2D eigenvalue weighted by Crippen LogP contribution is -2.51. The molecule has 4 rings (SSSR count). The van der Waals surface area contributed by atoms with Crippen molar-refractivity contribution in [3.8, 4) is 5.75 Å². The van der Waals surface area contributed by atoms with Crippen LogP contribution in [0, 0.1) is 5.41 Å². The summed E-state index contributed by atoms with van der Waals surface area (Å²) in [6, 6.07) is 5.36. The van der Waals surface area contributed by atoms with Crippen LogP contribution in [0.25, 0.3) is 0 Å². The van der Waals surface area contributed by atoms with E-state index < -0.39 is 11.8 Å². The second kappa shape index (κ2) is 9.60. The maximum absolute atomic E-state index is 13.3. The molecule has 0 aromatic heterocycles. The number of hydrogen-bond donors (Lipinski definition) is 1. The van der Waals surface area contributed by atoms with Crippen molar-refractivity contribution in [2.24, 2.45) is 5.41 Å². The van der Waals surface area contributed by atoms with E-state index in [1.165, 1.54) is 24.3 Å². The zero-order chi connectivity index (χ0) is 24.3. The van der Waals surface area contributed by atoms with E-state index in [0.29, 0.717) is 57.7 Å². The highest BCUT2D eigenvalue weighted by Gasteiger charge is 2.49. The first-order valence-corrected chi connectivity index (χ1v) is 11.5. The number of halogens is 3. The van der Waals surface area contributed by atoms with Crippen LogP contribution in [0.2, 0.25) is 0 Å². The second-order valence-electron chi connectivity index (χ2n) is 8.83. The van der Waals surface area contributed by atoms with Crippen LogP contribution in [0.5, 0.6) is 5.75 Å². The summed E-state index contributed by atoms with van der Waals surface area (Å²) in [5.74, 6) is -0.345. The summed E-state index contributed by atoms with van der Waals surface area (Å²) in [6.07, 6.45) is 2.98. The number of anilines is 1. The molecule has 10 heteroatoms. The standard InChI is InChI=1S/C24H29F3N4O3/c1-2-29(17-18-7-12-28-13-8-18)22(33)30-14-9-23(10-15-30)11-16-31(21(23)32)19-3-5-20(6-4-19)34-24(25,26)27/h3-8,12,28H,2,9-11,13-17H2,1H3. The van der Waals surface area contributed by atoms with E-state index in [-0.39, 0.29) is 17.7 Å². The molecule has 0 radical (unpaired) electrons. The number of likely N-dealkylation sites (N-methyl/N-ethyl adjacent to an activating group) is 1. The first kappa shape index (κ1) is 24.0. The number of nitrogens with zero attached hydrogens (tertiary/aromatic N) is 3. The number of carbonyl (C=O) groups is 2. The first-order valence-electron chi connectivity index (χ1n) is 11.5. The van der Waals surface area contributed by atoms with Gasteiger partial charge in [0.25, 0.3) is 0 Å². The van der Waals surface area contributed by atoms with Crippen molar-refractivity contribution in [2.45, 2.75) is 32.5 Å². The summed E-state index contributed by atoms with van der Waals surface area (Å²) in [6.45, 7) is 5.36. The summed E-state index contributed by atoms with van der Waals surface area (Å²) in [5.41, 5.74) is 1.11. The molecule has 184 valence electrons. The number of carbonyl (C=O) groups excluding carboxylic acids is 2. The van der Waals surface area contributed by atoms with Crippen LogP contribution in [-0.2, 0) is 4.79 Å². The number of rotatable bonds is 5. The fourth-order valence-corrected chi connectivity index (χ4v) is 4.83. The van der Waals surface area contributed by atoms with Crippen molar-refractivity contribution in [1.82, 2.24) is 15.1 Å². The van der Waals surface area contributed by atoms with Gasteiger partial charge in [0, 0.05) is 45.0 Å². The Morgan fingerprint density at radius 1 is 1.15 bits per heavy atom. The Balaban J connectivity index is 1.35. The minimum atomic E-state index is -4.75. The lowest BCUT2D eigenvalue weighted by molar-refractivity contribution is -0.274. The lowest BCUT2D eigenvalue weighted by atomic mass is 9.77. The topological polar surface area (TPSA) is 65.1 Å². The average Bonchev–Trinajstić information content (AvgIpc) is 3.13. The van der Waals surface area contributed by atoms with Gasteiger partial charge in [-0.2, -0.15) is 0 Å². The molecule has 34 heavy (non-hydrogen) atoms. The molecule has 3 heterocycles. The minimum Gasteiger partial charge on any atom is -0.406 e. The molecule has 2 saturated heterocycles. The average molecular weight is 479 g/mol. The van der Waals surface area contributed by atoms with Crippen LogP contribution in [0.15, 0.2) is 48.2 Å². The predicted octanol–water partition coefficient (Wildman–Crippen LogP) is 3.89. The predicted molar refractivity (Wildman–Crippen MR) is 121 cm³/mol. The van der Waals surface area contributed by atoms with Crippen LogP contribution in [0.4, 0.5) is 23.7 Å². The Morgan fingerprint density at radius 3 is 2.41 bits per heavy atom. The van der Waals surface area contributed by atoms with Gasteiger partial charge in [0.2, 0.25) is 5.91 Å². The van der Waals surface area contributed by atoms with E-state index >= 15 is 0 Å². The molecule has 0 unspecified atom stereocenters. The van der Waals surface area contributed by atoms with Crippen LogP contribution in [0.1, 0.15) is 26.2 Å². The van der Waals surface area contributed by atoms with Gasteiger partial charge in [-0.3, -0.25) is 4.79 Å². The highest BCUT2D eigenvalue weighted by Crippen LogP contribution is 2.43. The van der Waals surface area contributed by atoms with Gasteiger partial charge in [-0.1, -0.05) is 6.08 Å². The van der Waals surface area contributed by atoms with Gasteiger partial charge in [0.1, 0.15) is 5.75 Å². The first-order chi connectivity index (χ1) is 16.2. The van der Waals surface area contributed by atoms with Gasteiger partial charge in [0.05, 0.1) is 5.41 Å². The van der Waals surface area contributed by atoms with E-state index in [1.807, 2.05) is 29.0 Å². The third kappa shape index (κ3) is 5.15. The van der Waals surface area contributed by atoms with Gasteiger partial charge in [-0.25, -0.2) is 4.79 Å². The number of ether oxygens (including phenoxy) is 1. The van der Waals surface area contributed by atoms with Crippen molar-refractivity contribution in [1.29, 1.82) is 0 Å². The number of nitrogens with one attached hydrogen (secondary N) is 1. The van der Waals surface area contributed by atoms with Crippen LogP contribution in [0.3, 0.4) is 0 Å². The molecule has 1 aromatic carbocycles. The number of amides is 3. The number of urea groups is 1. The maximum Gasteiger partial charge on any atom is 0.573 e. The second-order valence-corrected chi connectivity index (χ2v) is 8.83. The summed E-state index contributed by atoms with van der Waals surface area (Å²) in [7, 11) is 0. The molecule has 1 spiro atoms. The van der Waals surface area contributed by atoms with E-state index in [2.05, 4.69) is 16.1 Å². The van der Waals surface area contributed by atoms with Gasteiger partial charge in [0.15, 0.2) is 0 Å². The number of piperidine rings is 1. The summed E-state index contributed by atoms with van der Waals surface area (Å²) in [5, 5.41) is 3.10. The minimum absolute atomic E-state index is 0.0206. The van der Waals surface area contributed by atoms with E-state index in [4.69, 9.17) is 0 Å². The van der Waals surface area contributed by atoms with Crippen LogP contribution >= 0.6 is 0 Å². The third-order valence-electron chi connectivity index (χ3n) is 6.81. The van der Waals surface area contributed by atoms with E-state index in [0.717, 1.165) is 12.1 Å². The molecule has 0 bridgehead atoms. The summed E-state index contributed by atoms with van der Waals surface area (Å²) < 4.78 is 41.1. The molecule has 1 N–H and O–H groups in total. The molecule has 0 aliphatic carbocycles. The Labute approximate surface area is 196 Å². The molecule has 3 aliphatic rings. The van der Waals surface area contributed by atoms with Gasteiger partial charge < -0.3 is 24.8 Å². The molecule has 7 nitrogen and oxygen atoms in total. The molecule has 3 amide bonds. The number of benzene rings is 1. The van der Waals surface area contributed by atoms with Gasteiger partial charge in [-0.05, 0) is 68.3 Å². The third-order valence-corrected chi connectivity index (χ3v) is 6.81. The SMILES string of the molecule is CCN(CC1=CCNC=C1)C(=O)N1CCC2(CC1)CCN(c1ccc(OC(F)(F)F)cc1)C2=O. The molecular formula is C24H29F3N4O3. The van der Waals surface area contributed by atoms with Gasteiger partial charge >= 0.3 is 12.4 Å². The fraction of sp³-hybridized carbons (Fsp3) is 0.500. The van der Waals surface area contributed by atoms with Crippen LogP contribution in [-0.4, -0.2) is 67.4 Å². The maximum atomic E-state index is 13.3. The molecule has 3 aliphatic heterocycles. The molecule has 0 atom stereocenters. The van der Waals surface area contributed by atoms with Crippen molar-refractivity contribution in [3.05, 3.63) is 48.2 Å². The smallest absolute Gasteiger partial charge is 0.406 e. The Hall–Kier alpha value is -3.17. The fourth-order valence-electron chi connectivity index (χ4n) is 4.83. The number of likely N-dealkylation sites (tertiary alicyclic amines) is 1. The largest absolute Gasteiger partial charge is 0.573 e. The van der Waals surface area contributed by atoms with Crippen molar-refractivity contribution >= 4 is 17.6 Å². The lowest BCUT2D eigenvalue weighted by Gasteiger charge is -2.40. The monoisotopic (exact) mass is 478 g/mol. The zero-order valence-electron chi connectivity index (χ0n) is 19.1. The highest BCUT2D eigenvalue weighted by atomic mass is 19.4. The number of hydrogen-bond acceptors (Lipinski definition) is 4. The molecule has 2 fully saturated rings. The highest BCUT2D eigenvalue weighted by molar-refractivity contribution is 6.00. The number of alkyl halides is 3. The Morgan fingerprint density at radius 2 is 1.82 bits per heavy atom. The van der Waals surface area contributed by atoms with Crippen molar-refractivity contribution in [3.63, 3.8) is 0 Å². The van der Waals surface area contributed by atoms with Crippen molar-refractivity contribution < 1.29 is 27.5 Å². The van der Waals surface area contributed by atoms with Crippen LogP contribution < -0.4 is 15.0 Å². The summed E-state index contributed by atoms with van der Waals surface area (Å²) >= 11 is 0. The van der Waals surface area contributed by atoms with Crippen molar-refractivity contribution in [2.75, 3.05) is 44.2 Å². The molecular weight excluding hydrogens is 449 g/mol. The molecule has 1 aromatic rings. The Kier molecular flexibility index (Phi) is 6.77. The van der Waals surface area contributed by atoms with E-state index in [9.17, 15) is 22.8 Å². The molecule has 0 saturated carbocycles. The van der Waals surface area contributed by atoms with Gasteiger partial charge in [-0.15, -0.1) is 13.2 Å². The zero-order valence-corrected chi connectivity index (χ0v) is 19.1. The normalized spacial score (nSPS) is 19.8. The van der Waals surface area contributed by atoms with E-state index in [1.54, 1.807) is 4.90 Å². The Bertz CT molecular complexity index is 967.